The highest BCUT2D eigenvalue weighted by Gasteiger charge is 2.26. The lowest BCUT2D eigenvalue weighted by Gasteiger charge is -2.22. The van der Waals surface area contributed by atoms with Crippen LogP contribution in [0.2, 0.25) is 0 Å². The van der Waals surface area contributed by atoms with Gasteiger partial charge in [0.15, 0.2) is 6.04 Å². The Labute approximate surface area is 123 Å². The zero-order valence-electron chi connectivity index (χ0n) is 10.8. The van der Waals surface area contributed by atoms with Crippen LogP contribution in [0.25, 0.3) is 0 Å². The minimum atomic E-state index is -1.29. The van der Waals surface area contributed by atoms with E-state index in [2.05, 4.69) is 5.32 Å². The molecule has 1 aromatic rings. The molecule has 1 atom stereocenters. The average Bonchev–Trinajstić information content (AvgIpc) is 2.86. The fraction of sp³-hybridized carbons (Fsp3) is 0.273. The number of hydrogen-bond acceptors (Lipinski definition) is 5. The van der Waals surface area contributed by atoms with Crippen molar-refractivity contribution < 1.29 is 24.3 Å². The Balaban J connectivity index is 2.84. The van der Waals surface area contributed by atoms with Gasteiger partial charge in [0.1, 0.15) is 13.1 Å². The van der Waals surface area contributed by atoms with Crippen LogP contribution >= 0.6 is 11.3 Å². The van der Waals surface area contributed by atoms with Crippen LogP contribution in [0.1, 0.15) is 10.9 Å². The number of primary amides is 2. The highest BCUT2D eigenvalue weighted by Crippen LogP contribution is 2.19. The number of amides is 4. The number of rotatable bonds is 7. The number of carbonyl (C=O) groups is 4. The number of carbonyl (C=O) groups excluding carboxylic acids is 3. The molecule has 9 nitrogen and oxygen atoms in total. The Hall–Kier alpha value is -2.62. The molecular formula is C11H14N4O5S. The summed E-state index contributed by atoms with van der Waals surface area (Å²) in [4.78, 5) is 46.1. The third-order valence-electron chi connectivity index (χ3n) is 2.32. The van der Waals surface area contributed by atoms with Crippen LogP contribution in [-0.2, 0) is 14.4 Å². The van der Waals surface area contributed by atoms with Crippen molar-refractivity contribution in [3.05, 3.63) is 22.4 Å². The summed E-state index contributed by atoms with van der Waals surface area (Å²) in [5, 5.41) is 13.0. The lowest BCUT2D eigenvalue weighted by Crippen LogP contribution is -2.49. The van der Waals surface area contributed by atoms with Crippen LogP contribution in [0.5, 0.6) is 0 Å². The van der Waals surface area contributed by atoms with E-state index in [0.717, 1.165) is 16.2 Å². The van der Waals surface area contributed by atoms with Crippen molar-refractivity contribution in [3.8, 4) is 0 Å². The van der Waals surface area contributed by atoms with Crippen molar-refractivity contribution >= 4 is 35.2 Å². The summed E-state index contributed by atoms with van der Waals surface area (Å²) in [5.74, 6) is -2.98. The number of nitrogens with two attached hydrogens (primary N) is 2. The molecule has 0 aliphatic carbocycles. The molecule has 1 rings (SSSR count). The lowest BCUT2D eigenvalue weighted by atomic mass is 10.2. The van der Waals surface area contributed by atoms with Crippen molar-refractivity contribution in [2.45, 2.75) is 6.04 Å². The summed E-state index contributed by atoms with van der Waals surface area (Å²) < 4.78 is 0. The van der Waals surface area contributed by atoms with Crippen molar-refractivity contribution in [3.63, 3.8) is 0 Å². The zero-order valence-corrected chi connectivity index (χ0v) is 11.6. The maximum atomic E-state index is 12.0. The number of nitrogens with one attached hydrogen (secondary N) is 1. The van der Waals surface area contributed by atoms with Crippen molar-refractivity contribution in [1.29, 1.82) is 0 Å². The number of thiophene rings is 1. The van der Waals surface area contributed by atoms with Crippen LogP contribution < -0.4 is 16.8 Å². The van der Waals surface area contributed by atoms with E-state index in [9.17, 15) is 19.2 Å². The van der Waals surface area contributed by atoms with Crippen molar-refractivity contribution in [1.82, 2.24) is 10.2 Å². The van der Waals surface area contributed by atoms with E-state index in [1.54, 1.807) is 11.4 Å². The molecule has 4 amide bonds. The minimum absolute atomic E-state index is 0.397. The highest BCUT2D eigenvalue weighted by molar-refractivity contribution is 7.10. The van der Waals surface area contributed by atoms with E-state index in [4.69, 9.17) is 16.6 Å². The normalized spacial score (nSPS) is 11.4. The summed E-state index contributed by atoms with van der Waals surface area (Å²) in [6.45, 7) is -1.10. The van der Waals surface area contributed by atoms with Crippen molar-refractivity contribution in [2.75, 3.05) is 13.1 Å². The Kier molecular flexibility index (Phi) is 5.67. The largest absolute Gasteiger partial charge is 0.479 e. The summed E-state index contributed by atoms with van der Waals surface area (Å²) in [6, 6.07) is 0.956. The molecule has 0 spiro atoms. The molecule has 0 aliphatic heterocycles. The van der Waals surface area contributed by atoms with E-state index in [-0.39, 0.29) is 0 Å². The first kappa shape index (κ1) is 16.4. The molecule has 0 bridgehead atoms. The monoisotopic (exact) mass is 314 g/mol. The quantitative estimate of drug-likeness (QED) is 0.500. The van der Waals surface area contributed by atoms with Gasteiger partial charge in [-0.1, -0.05) is 6.07 Å². The van der Waals surface area contributed by atoms with E-state index in [1.807, 2.05) is 0 Å². The molecule has 1 heterocycles. The van der Waals surface area contributed by atoms with Gasteiger partial charge in [0.05, 0.1) is 0 Å². The van der Waals surface area contributed by atoms with Gasteiger partial charge in [-0.25, -0.2) is 9.59 Å². The smallest absolute Gasteiger partial charge is 0.331 e. The molecule has 1 unspecified atom stereocenters. The number of aliphatic carboxylic acids is 1. The highest BCUT2D eigenvalue weighted by atomic mass is 32.1. The van der Waals surface area contributed by atoms with E-state index in [0.29, 0.717) is 4.88 Å². The SMILES string of the molecule is NC(=O)CN(CC(N)=O)C(=O)NC(C(=O)O)c1cccs1. The number of carboxylic acid groups (broad SMARTS) is 1. The standard InChI is InChI=1S/C11H14N4O5S/c12-7(16)4-15(5-8(13)17)11(20)14-9(10(18)19)6-2-1-3-21-6/h1-3,9H,4-5H2,(H2,12,16)(H2,13,17)(H,14,20)(H,18,19). The number of nitrogens with zero attached hydrogens (tertiary/aromatic N) is 1. The first-order valence-electron chi connectivity index (χ1n) is 5.69. The number of hydrogen-bond donors (Lipinski definition) is 4. The Morgan fingerprint density at radius 2 is 1.81 bits per heavy atom. The van der Waals surface area contributed by atoms with Gasteiger partial charge in [0.25, 0.3) is 0 Å². The molecule has 0 saturated carbocycles. The van der Waals surface area contributed by atoms with Crippen LogP contribution in [0.15, 0.2) is 17.5 Å². The maximum Gasteiger partial charge on any atom is 0.331 e. The van der Waals surface area contributed by atoms with Crippen LogP contribution in [-0.4, -0.2) is 46.9 Å². The molecule has 1 aromatic heterocycles. The third kappa shape index (κ3) is 5.10. The molecule has 0 radical (unpaired) electrons. The predicted octanol–water partition coefficient (Wildman–Crippen LogP) is -1.14. The van der Waals surface area contributed by atoms with E-state index in [1.165, 1.54) is 6.07 Å². The van der Waals surface area contributed by atoms with Crippen LogP contribution in [0.3, 0.4) is 0 Å². The molecule has 0 aromatic carbocycles. The van der Waals surface area contributed by atoms with Crippen LogP contribution in [0, 0.1) is 0 Å². The summed E-state index contributed by atoms with van der Waals surface area (Å²) in [7, 11) is 0. The number of urea groups is 1. The average molecular weight is 314 g/mol. The molecule has 0 aliphatic rings. The molecule has 21 heavy (non-hydrogen) atoms. The van der Waals surface area contributed by atoms with Crippen molar-refractivity contribution in [2.24, 2.45) is 11.5 Å². The zero-order chi connectivity index (χ0) is 16.0. The third-order valence-corrected chi connectivity index (χ3v) is 3.26. The van der Waals surface area contributed by atoms with Gasteiger partial charge in [-0.2, -0.15) is 0 Å². The van der Waals surface area contributed by atoms with Gasteiger partial charge in [-0.05, 0) is 11.4 Å². The summed E-state index contributed by atoms with van der Waals surface area (Å²) in [5.41, 5.74) is 9.93. The van der Waals surface area contributed by atoms with E-state index >= 15 is 0 Å². The number of carboxylic acids is 1. The topological polar surface area (TPSA) is 156 Å². The molecular weight excluding hydrogens is 300 g/mol. The minimum Gasteiger partial charge on any atom is -0.479 e. The first-order chi connectivity index (χ1) is 9.81. The molecule has 6 N–H and O–H groups in total. The van der Waals surface area contributed by atoms with Gasteiger partial charge in [-0.15, -0.1) is 11.3 Å². The maximum absolute atomic E-state index is 12.0. The molecule has 114 valence electrons. The Morgan fingerprint density at radius 3 is 2.19 bits per heavy atom. The Bertz CT molecular complexity index is 529. The second-order valence-corrected chi connectivity index (χ2v) is 5.00. The molecule has 0 fully saturated rings. The summed E-state index contributed by atoms with van der Waals surface area (Å²) >= 11 is 1.14. The van der Waals surface area contributed by atoms with Gasteiger partial charge in [-0.3, -0.25) is 9.59 Å². The molecule has 0 saturated heterocycles. The fourth-order valence-corrected chi connectivity index (χ4v) is 2.27. The summed E-state index contributed by atoms with van der Waals surface area (Å²) in [6.07, 6.45) is 0. The predicted molar refractivity (Wildman–Crippen MR) is 73.2 cm³/mol. The first-order valence-corrected chi connectivity index (χ1v) is 6.57. The van der Waals surface area contributed by atoms with Gasteiger partial charge < -0.3 is 26.8 Å². The van der Waals surface area contributed by atoms with Crippen LogP contribution in [0.4, 0.5) is 4.79 Å². The molecule has 10 heteroatoms. The van der Waals surface area contributed by atoms with E-state index < -0.39 is 42.9 Å². The van der Waals surface area contributed by atoms with Gasteiger partial charge >= 0.3 is 12.0 Å². The van der Waals surface area contributed by atoms with Gasteiger partial charge in [0.2, 0.25) is 11.8 Å². The second kappa shape index (κ2) is 7.24. The fourth-order valence-electron chi connectivity index (χ4n) is 1.50. The Morgan fingerprint density at radius 1 is 1.24 bits per heavy atom. The van der Waals surface area contributed by atoms with Gasteiger partial charge in [0, 0.05) is 4.88 Å². The lowest BCUT2D eigenvalue weighted by molar-refractivity contribution is -0.139. The second-order valence-electron chi connectivity index (χ2n) is 4.02.